The Balaban J connectivity index is 3.63. The molecule has 0 amide bonds. The van der Waals surface area contributed by atoms with Crippen LogP contribution in [-0.2, 0) is 9.47 Å². The molecule has 0 N–H and O–H groups in total. The maximum atomic E-state index is 11.0. The lowest BCUT2D eigenvalue weighted by Gasteiger charge is -2.12. The fraction of sp³-hybridized carbons (Fsp3) is 0.750. The van der Waals surface area contributed by atoms with Crippen LogP contribution in [0.4, 0.5) is 4.79 Å². The molecule has 0 aromatic rings. The summed E-state index contributed by atoms with van der Waals surface area (Å²) in [5.41, 5.74) is 0. The summed E-state index contributed by atoms with van der Waals surface area (Å²) in [6, 6.07) is 0. The van der Waals surface area contributed by atoms with Crippen molar-refractivity contribution in [2.75, 3.05) is 19.6 Å². The van der Waals surface area contributed by atoms with E-state index in [9.17, 15) is 4.79 Å². The Bertz CT molecular complexity index is 231. The quantitative estimate of drug-likeness (QED) is 0.306. The highest BCUT2D eigenvalue weighted by Gasteiger charge is 2.10. The van der Waals surface area contributed by atoms with Gasteiger partial charge in [-0.1, -0.05) is 28.5 Å². The van der Waals surface area contributed by atoms with Gasteiger partial charge in [0.1, 0.15) is 6.61 Å². The predicted molar refractivity (Wildman–Crippen MR) is 67.5 cm³/mol. The second-order valence-electron chi connectivity index (χ2n) is 2.38. The molecule has 0 aliphatic carbocycles. The molecule has 0 aliphatic rings. The minimum atomic E-state index is -0.718. The highest BCUT2D eigenvalue weighted by atomic mass is 33.1. The van der Waals surface area contributed by atoms with Crippen LogP contribution in [0.15, 0.2) is 4.99 Å². The Morgan fingerprint density at radius 1 is 1.60 bits per heavy atom. The second-order valence-corrected chi connectivity index (χ2v) is 5.33. The molecule has 0 fully saturated rings. The first kappa shape index (κ1) is 14.8. The molecule has 0 aromatic carbocycles. The number of ether oxygens (including phenoxy) is 2. The molecule has 0 unspecified atom stereocenters. The van der Waals surface area contributed by atoms with Gasteiger partial charge in [-0.2, -0.15) is 4.99 Å². The van der Waals surface area contributed by atoms with Gasteiger partial charge in [0, 0.05) is 5.25 Å². The number of isothiocyanates is 1. The summed E-state index contributed by atoms with van der Waals surface area (Å²) >= 11 is 4.31. The Kier molecular flexibility index (Phi) is 10.1. The van der Waals surface area contributed by atoms with E-state index in [0.717, 1.165) is 6.42 Å². The number of hydrogen-bond donors (Lipinski definition) is 0. The highest BCUT2D eigenvalue weighted by Crippen LogP contribution is 2.25. The van der Waals surface area contributed by atoms with Gasteiger partial charge in [0.15, 0.2) is 6.73 Å². The molecule has 0 radical (unpaired) electrons. The summed E-state index contributed by atoms with van der Waals surface area (Å²) in [5, 5.41) is 2.38. The van der Waals surface area contributed by atoms with Crippen molar-refractivity contribution in [1.82, 2.24) is 0 Å². The van der Waals surface area contributed by atoms with Crippen LogP contribution in [0.5, 0.6) is 0 Å². The smallest absolute Gasteiger partial charge is 0.433 e. The molecule has 15 heavy (non-hydrogen) atoms. The van der Waals surface area contributed by atoms with E-state index in [1.165, 1.54) is 0 Å². The lowest BCUT2D eigenvalue weighted by Crippen LogP contribution is -2.15. The van der Waals surface area contributed by atoms with Gasteiger partial charge < -0.3 is 9.47 Å². The van der Waals surface area contributed by atoms with Gasteiger partial charge in [-0.15, -0.1) is 0 Å². The van der Waals surface area contributed by atoms with E-state index in [4.69, 9.17) is 4.74 Å². The number of carbonyl (C=O) groups is 1. The molecule has 1 atom stereocenters. The molecule has 0 saturated heterocycles. The van der Waals surface area contributed by atoms with Crippen LogP contribution >= 0.6 is 33.8 Å². The van der Waals surface area contributed by atoms with Crippen molar-refractivity contribution in [2.24, 2.45) is 4.99 Å². The summed E-state index contributed by atoms with van der Waals surface area (Å²) in [7, 11) is 3.33. The van der Waals surface area contributed by atoms with Crippen LogP contribution in [0.25, 0.3) is 0 Å². The van der Waals surface area contributed by atoms with Crippen LogP contribution in [0.2, 0.25) is 0 Å². The molecule has 0 bridgehead atoms. The minimum Gasteiger partial charge on any atom is -0.433 e. The van der Waals surface area contributed by atoms with Crippen molar-refractivity contribution in [1.29, 1.82) is 0 Å². The van der Waals surface area contributed by atoms with E-state index >= 15 is 0 Å². The number of thiocarbonyl (C=S) groups is 1. The van der Waals surface area contributed by atoms with Crippen molar-refractivity contribution in [3.8, 4) is 0 Å². The third-order valence-corrected chi connectivity index (χ3v) is 3.84. The van der Waals surface area contributed by atoms with Crippen molar-refractivity contribution in [2.45, 2.75) is 18.6 Å². The fourth-order valence-corrected chi connectivity index (χ4v) is 2.64. The number of aliphatic imine (C=N–C) groups is 1. The normalized spacial score (nSPS) is 11.3. The van der Waals surface area contributed by atoms with Gasteiger partial charge in [-0.05, 0) is 24.9 Å². The zero-order valence-corrected chi connectivity index (χ0v) is 11.0. The Morgan fingerprint density at radius 3 is 2.87 bits per heavy atom. The summed E-state index contributed by atoms with van der Waals surface area (Å²) in [5.74, 6) is 0. The molecule has 0 aliphatic heterocycles. The summed E-state index contributed by atoms with van der Waals surface area (Å²) in [4.78, 5) is 14.4. The number of carbonyl (C=O) groups excluding carboxylic acids is 1. The average Bonchev–Trinajstić information content (AvgIpc) is 2.24. The van der Waals surface area contributed by atoms with Gasteiger partial charge >= 0.3 is 6.16 Å². The summed E-state index contributed by atoms with van der Waals surface area (Å²) in [6.07, 6.45) is 2.21. The molecule has 0 heterocycles. The zero-order valence-electron chi connectivity index (χ0n) is 8.60. The highest BCUT2D eigenvalue weighted by molar-refractivity contribution is 8.76. The Hall–Kier alpha value is -0.230. The van der Waals surface area contributed by atoms with E-state index in [1.54, 1.807) is 21.6 Å². The number of nitrogens with zero attached hydrogens (tertiary/aromatic N) is 1. The van der Waals surface area contributed by atoms with E-state index in [1.807, 2.05) is 13.2 Å². The second kappa shape index (κ2) is 10.3. The van der Waals surface area contributed by atoms with Crippen molar-refractivity contribution < 1.29 is 14.3 Å². The van der Waals surface area contributed by atoms with Gasteiger partial charge in [0.05, 0.1) is 5.16 Å². The molecule has 0 rings (SSSR count). The maximum absolute atomic E-state index is 11.0. The molecule has 0 spiro atoms. The maximum Gasteiger partial charge on any atom is 0.510 e. The predicted octanol–water partition coefficient (Wildman–Crippen LogP) is 2.99. The summed E-state index contributed by atoms with van der Waals surface area (Å²) in [6.45, 7) is 2.26. The standard InChI is InChI=1S/C8H13NO3S3/c1-3-7(15-14-2)4-11-8(10)12-5-9-6-13/h7H,3-5H2,1-2H3/t7-/m1/s1. The SMILES string of the molecule is CC[C@H](COC(=O)OCN=C=S)SSC. The van der Waals surface area contributed by atoms with Crippen LogP contribution < -0.4 is 0 Å². The molecular weight excluding hydrogens is 254 g/mol. The minimum absolute atomic E-state index is 0.130. The van der Waals surface area contributed by atoms with Crippen molar-refractivity contribution in [3.63, 3.8) is 0 Å². The third-order valence-electron chi connectivity index (χ3n) is 1.39. The zero-order chi connectivity index (χ0) is 11.5. The van der Waals surface area contributed by atoms with E-state index in [2.05, 4.69) is 27.1 Å². The molecular formula is C8H13NO3S3. The Morgan fingerprint density at radius 2 is 2.33 bits per heavy atom. The largest absolute Gasteiger partial charge is 0.510 e. The van der Waals surface area contributed by atoms with Crippen LogP contribution in [0.1, 0.15) is 13.3 Å². The molecule has 0 aromatic heterocycles. The van der Waals surface area contributed by atoms with Crippen molar-refractivity contribution >= 4 is 45.1 Å². The number of hydrogen-bond acceptors (Lipinski definition) is 7. The van der Waals surface area contributed by atoms with E-state index in [0.29, 0.717) is 11.9 Å². The average molecular weight is 267 g/mol. The lowest BCUT2D eigenvalue weighted by atomic mass is 10.3. The molecule has 4 nitrogen and oxygen atoms in total. The topological polar surface area (TPSA) is 47.9 Å². The van der Waals surface area contributed by atoms with Gasteiger partial charge in [-0.25, -0.2) is 4.79 Å². The van der Waals surface area contributed by atoms with E-state index < -0.39 is 6.16 Å². The first-order valence-corrected chi connectivity index (χ1v) is 7.30. The monoisotopic (exact) mass is 267 g/mol. The molecule has 86 valence electrons. The molecule has 0 saturated carbocycles. The fourth-order valence-electron chi connectivity index (χ4n) is 0.664. The van der Waals surface area contributed by atoms with Crippen LogP contribution in [0.3, 0.4) is 0 Å². The first-order chi connectivity index (χ1) is 7.24. The number of rotatable bonds is 7. The summed E-state index contributed by atoms with van der Waals surface area (Å²) < 4.78 is 9.46. The van der Waals surface area contributed by atoms with Gasteiger partial charge in [-0.3, -0.25) is 0 Å². The van der Waals surface area contributed by atoms with Crippen LogP contribution in [-0.4, -0.2) is 36.2 Å². The van der Waals surface area contributed by atoms with Gasteiger partial charge in [0.25, 0.3) is 0 Å². The molecule has 7 heteroatoms. The Labute approximate surface area is 103 Å². The van der Waals surface area contributed by atoms with Crippen molar-refractivity contribution in [3.05, 3.63) is 0 Å². The van der Waals surface area contributed by atoms with E-state index in [-0.39, 0.29) is 6.73 Å². The van der Waals surface area contributed by atoms with Gasteiger partial charge in [0.2, 0.25) is 0 Å². The first-order valence-electron chi connectivity index (χ1n) is 4.27. The van der Waals surface area contributed by atoms with Crippen LogP contribution in [0, 0.1) is 0 Å². The lowest BCUT2D eigenvalue weighted by molar-refractivity contribution is 0.0579. The third kappa shape index (κ3) is 8.74.